The van der Waals surface area contributed by atoms with Crippen LogP contribution in [0.1, 0.15) is 17.7 Å². The van der Waals surface area contributed by atoms with Crippen molar-refractivity contribution >= 4 is 33.0 Å². The highest BCUT2D eigenvalue weighted by atomic mass is 79.9. The molecule has 1 aromatic rings. The van der Waals surface area contributed by atoms with Crippen LogP contribution in [0.3, 0.4) is 0 Å². The summed E-state index contributed by atoms with van der Waals surface area (Å²) in [5.74, 6) is 0.411. The van der Waals surface area contributed by atoms with Crippen LogP contribution in [0.2, 0.25) is 0 Å². The number of hydrogen-bond donors (Lipinski definition) is 0. The standard InChI is InChI=1S/C10H12BrNOS/c11-10-2-1-9(14-10)7-12-5-3-8(13)4-6-12/h1-2H,3-7H2. The molecule has 0 atom stereocenters. The summed E-state index contributed by atoms with van der Waals surface area (Å²) in [6, 6.07) is 4.22. The van der Waals surface area contributed by atoms with Gasteiger partial charge in [0.1, 0.15) is 5.78 Å². The normalized spacial score (nSPS) is 18.8. The third-order valence-electron chi connectivity index (χ3n) is 2.42. The molecule has 0 spiro atoms. The second-order valence-electron chi connectivity index (χ2n) is 3.52. The van der Waals surface area contributed by atoms with Crippen LogP contribution in [0, 0.1) is 0 Å². The van der Waals surface area contributed by atoms with Crippen molar-refractivity contribution in [3.63, 3.8) is 0 Å². The molecular formula is C10H12BrNOS. The van der Waals surface area contributed by atoms with E-state index in [4.69, 9.17) is 0 Å². The van der Waals surface area contributed by atoms with Crippen LogP contribution >= 0.6 is 27.3 Å². The number of piperidine rings is 1. The summed E-state index contributed by atoms with van der Waals surface area (Å²) in [4.78, 5) is 14.7. The van der Waals surface area contributed by atoms with Gasteiger partial charge in [0, 0.05) is 37.4 Å². The Bertz CT molecular complexity index is 327. The Morgan fingerprint density at radius 2 is 2.07 bits per heavy atom. The highest BCUT2D eigenvalue weighted by Gasteiger charge is 2.16. The van der Waals surface area contributed by atoms with Crippen LogP contribution in [-0.2, 0) is 11.3 Å². The molecule has 0 N–H and O–H groups in total. The van der Waals surface area contributed by atoms with E-state index >= 15 is 0 Å². The Morgan fingerprint density at radius 3 is 2.64 bits per heavy atom. The van der Waals surface area contributed by atoms with Crippen molar-refractivity contribution in [1.82, 2.24) is 4.90 Å². The fourth-order valence-corrected chi connectivity index (χ4v) is 3.14. The van der Waals surface area contributed by atoms with Crippen LogP contribution in [-0.4, -0.2) is 23.8 Å². The molecule has 1 aliphatic heterocycles. The van der Waals surface area contributed by atoms with Gasteiger partial charge in [0.15, 0.2) is 0 Å². The molecular weight excluding hydrogens is 262 g/mol. The number of Topliss-reactive ketones (excluding diaryl/α,β-unsaturated/α-hetero) is 1. The summed E-state index contributed by atoms with van der Waals surface area (Å²) in [5.41, 5.74) is 0. The van der Waals surface area contributed by atoms with Crippen LogP contribution in [0.5, 0.6) is 0 Å². The highest BCUT2D eigenvalue weighted by molar-refractivity contribution is 9.11. The lowest BCUT2D eigenvalue weighted by molar-refractivity contribution is -0.121. The fourth-order valence-electron chi connectivity index (χ4n) is 1.62. The van der Waals surface area contributed by atoms with Gasteiger partial charge in [-0.15, -0.1) is 11.3 Å². The van der Waals surface area contributed by atoms with Gasteiger partial charge in [0.25, 0.3) is 0 Å². The third-order valence-corrected chi connectivity index (χ3v) is 4.03. The monoisotopic (exact) mass is 273 g/mol. The van der Waals surface area contributed by atoms with E-state index in [1.165, 1.54) is 8.66 Å². The Morgan fingerprint density at radius 1 is 1.36 bits per heavy atom. The van der Waals surface area contributed by atoms with E-state index in [0.717, 1.165) is 32.5 Å². The smallest absolute Gasteiger partial charge is 0.135 e. The second kappa shape index (κ2) is 4.55. The number of halogens is 1. The summed E-state index contributed by atoms with van der Waals surface area (Å²) in [6.07, 6.45) is 1.46. The van der Waals surface area contributed by atoms with Crippen molar-refractivity contribution < 1.29 is 4.79 Å². The van der Waals surface area contributed by atoms with E-state index in [0.29, 0.717) is 5.78 Å². The predicted molar refractivity (Wildman–Crippen MR) is 61.5 cm³/mol. The molecule has 2 heterocycles. The van der Waals surface area contributed by atoms with Crippen LogP contribution in [0.25, 0.3) is 0 Å². The van der Waals surface area contributed by atoms with Crippen molar-refractivity contribution in [2.24, 2.45) is 0 Å². The molecule has 0 aromatic carbocycles. The molecule has 0 unspecified atom stereocenters. The Labute approximate surface area is 96.0 Å². The summed E-state index contributed by atoms with van der Waals surface area (Å²) < 4.78 is 1.18. The predicted octanol–water partition coefficient (Wildman–Crippen LogP) is 2.68. The SMILES string of the molecule is O=C1CCN(Cc2ccc(Br)s2)CC1. The number of hydrogen-bond acceptors (Lipinski definition) is 3. The van der Waals surface area contributed by atoms with Crippen molar-refractivity contribution in [1.29, 1.82) is 0 Å². The third kappa shape index (κ3) is 2.65. The second-order valence-corrected chi connectivity index (χ2v) is 6.07. The maximum Gasteiger partial charge on any atom is 0.135 e. The molecule has 0 bridgehead atoms. The molecule has 4 heteroatoms. The first-order chi connectivity index (χ1) is 6.74. The van der Waals surface area contributed by atoms with Gasteiger partial charge in [0.05, 0.1) is 3.79 Å². The van der Waals surface area contributed by atoms with Gasteiger partial charge in [-0.3, -0.25) is 9.69 Å². The summed E-state index contributed by atoms with van der Waals surface area (Å²) >= 11 is 5.22. The number of thiophene rings is 1. The highest BCUT2D eigenvalue weighted by Crippen LogP contribution is 2.23. The van der Waals surface area contributed by atoms with E-state index < -0.39 is 0 Å². The Balaban J connectivity index is 1.89. The van der Waals surface area contributed by atoms with Crippen LogP contribution in [0.4, 0.5) is 0 Å². The minimum Gasteiger partial charge on any atom is -0.300 e. The topological polar surface area (TPSA) is 20.3 Å². The van der Waals surface area contributed by atoms with E-state index in [1.807, 2.05) is 0 Å². The average molecular weight is 274 g/mol. The van der Waals surface area contributed by atoms with Gasteiger partial charge in [-0.25, -0.2) is 0 Å². The van der Waals surface area contributed by atoms with Gasteiger partial charge in [-0.1, -0.05) is 0 Å². The number of likely N-dealkylation sites (tertiary alicyclic amines) is 1. The average Bonchev–Trinajstić information content (AvgIpc) is 2.56. The molecule has 0 aliphatic carbocycles. The molecule has 76 valence electrons. The first kappa shape index (κ1) is 10.3. The summed E-state index contributed by atoms with van der Waals surface area (Å²) in [5, 5.41) is 0. The minimum absolute atomic E-state index is 0.411. The molecule has 2 nitrogen and oxygen atoms in total. The number of rotatable bonds is 2. The van der Waals surface area contributed by atoms with Crippen molar-refractivity contribution in [3.8, 4) is 0 Å². The number of ketones is 1. The molecule has 0 radical (unpaired) electrons. The lowest BCUT2D eigenvalue weighted by atomic mass is 10.1. The minimum atomic E-state index is 0.411. The fraction of sp³-hybridized carbons (Fsp3) is 0.500. The van der Waals surface area contributed by atoms with Gasteiger partial charge in [-0.05, 0) is 28.1 Å². The first-order valence-corrected chi connectivity index (χ1v) is 6.33. The summed E-state index contributed by atoms with van der Waals surface area (Å²) in [7, 11) is 0. The van der Waals surface area contributed by atoms with Gasteiger partial charge >= 0.3 is 0 Å². The zero-order valence-corrected chi connectivity index (χ0v) is 10.2. The van der Waals surface area contributed by atoms with E-state index in [-0.39, 0.29) is 0 Å². The van der Waals surface area contributed by atoms with Crippen molar-refractivity contribution in [2.75, 3.05) is 13.1 Å². The lowest BCUT2D eigenvalue weighted by Crippen LogP contribution is -2.32. The Hall–Kier alpha value is -0.190. The van der Waals surface area contributed by atoms with E-state index in [2.05, 4.69) is 33.0 Å². The molecule has 1 saturated heterocycles. The van der Waals surface area contributed by atoms with Gasteiger partial charge in [-0.2, -0.15) is 0 Å². The van der Waals surface area contributed by atoms with E-state index in [9.17, 15) is 4.79 Å². The molecule has 0 saturated carbocycles. The number of carbonyl (C=O) groups is 1. The molecule has 2 rings (SSSR count). The number of carbonyl (C=O) groups excluding carboxylic acids is 1. The molecule has 1 aliphatic rings. The number of nitrogens with zero attached hydrogens (tertiary/aromatic N) is 1. The van der Waals surface area contributed by atoms with Gasteiger partial charge < -0.3 is 0 Å². The van der Waals surface area contributed by atoms with Crippen molar-refractivity contribution in [3.05, 3.63) is 20.8 Å². The largest absolute Gasteiger partial charge is 0.300 e. The molecule has 14 heavy (non-hydrogen) atoms. The first-order valence-electron chi connectivity index (χ1n) is 4.72. The molecule has 1 aromatic heterocycles. The maximum atomic E-state index is 11.0. The quantitative estimate of drug-likeness (QED) is 0.826. The molecule has 0 amide bonds. The van der Waals surface area contributed by atoms with Crippen molar-refractivity contribution in [2.45, 2.75) is 19.4 Å². The zero-order chi connectivity index (χ0) is 9.97. The summed E-state index contributed by atoms with van der Waals surface area (Å²) in [6.45, 7) is 2.84. The van der Waals surface area contributed by atoms with E-state index in [1.54, 1.807) is 11.3 Å². The van der Waals surface area contributed by atoms with Gasteiger partial charge in [0.2, 0.25) is 0 Å². The molecule has 1 fully saturated rings. The van der Waals surface area contributed by atoms with Crippen LogP contribution in [0.15, 0.2) is 15.9 Å². The van der Waals surface area contributed by atoms with Crippen LogP contribution < -0.4 is 0 Å². The Kier molecular flexibility index (Phi) is 3.36. The lowest BCUT2D eigenvalue weighted by Gasteiger charge is -2.24. The zero-order valence-electron chi connectivity index (χ0n) is 7.83. The maximum absolute atomic E-state index is 11.0.